The standard InChI is InChI=1S/C12H12ClFN2O3S2/c1-7-11(20-6-15-7)4-16-21(18,19)9-2-8(5-17)12(13)10(14)3-9/h2-3,6,16-17H,4-5H2,1H3. The minimum absolute atomic E-state index is 0.0195. The maximum Gasteiger partial charge on any atom is 0.241 e. The number of aliphatic hydroxyl groups is 1. The monoisotopic (exact) mass is 350 g/mol. The predicted octanol–water partition coefficient (Wildman–Crippen LogP) is 2.21. The zero-order valence-corrected chi connectivity index (χ0v) is 13.3. The summed E-state index contributed by atoms with van der Waals surface area (Å²) in [5, 5.41) is 8.79. The molecular weight excluding hydrogens is 339 g/mol. The Hall–Kier alpha value is -1.06. The van der Waals surface area contributed by atoms with Gasteiger partial charge in [0.1, 0.15) is 5.82 Å². The van der Waals surface area contributed by atoms with Crippen LogP contribution in [0.3, 0.4) is 0 Å². The van der Waals surface area contributed by atoms with Crippen LogP contribution in [0.5, 0.6) is 0 Å². The van der Waals surface area contributed by atoms with Crippen molar-refractivity contribution in [1.82, 2.24) is 9.71 Å². The van der Waals surface area contributed by atoms with Crippen molar-refractivity contribution in [2.24, 2.45) is 0 Å². The molecule has 0 saturated carbocycles. The van der Waals surface area contributed by atoms with E-state index in [2.05, 4.69) is 9.71 Å². The minimum Gasteiger partial charge on any atom is -0.392 e. The Balaban J connectivity index is 2.27. The molecule has 21 heavy (non-hydrogen) atoms. The van der Waals surface area contributed by atoms with Gasteiger partial charge in [-0.05, 0) is 19.1 Å². The molecule has 1 heterocycles. The molecule has 9 heteroatoms. The number of rotatable bonds is 5. The van der Waals surface area contributed by atoms with Gasteiger partial charge in [0.05, 0.1) is 27.7 Å². The number of hydrogen-bond donors (Lipinski definition) is 2. The van der Waals surface area contributed by atoms with Crippen LogP contribution in [0, 0.1) is 12.7 Å². The first-order valence-electron chi connectivity index (χ1n) is 5.82. The lowest BCUT2D eigenvalue weighted by Gasteiger charge is -2.09. The molecule has 0 fully saturated rings. The molecule has 0 amide bonds. The molecule has 0 aliphatic heterocycles. The molecule has 0 atom stereocenters. The highest BCUT2D eigenvalue weighted by molar-refractivity contribution is 7.89. The first-order chi connectivity index (χ1) is 9.85. The zero-order valence-electron chi connectivity index (χ0n) is 10.9. The molecule has 0 aliphatic carbocycles. The van der Waals surface area contributed by atoms with Crippen molar-refractivity contribution in [2.45, 2.75) is 25.0 Å². The molecule has 0 unspecified atom stereocenters. The highest BCUT2D eigenvalue weighted by Gasteiger charge is 2.19. The summed E-state index contributed by atoms with van der Waals surface area (Å²) in [5.74, 6) is -0.891. The number of aliphatic hydroxyl groups excluding tert-OH is 1. The van der Waals surface area contributed by atoms with Crippen LogP contribution in [-0.2, 0) is 23.2 Å². The minimum atomic E-state index is -3.91. The molecule has 0 spiro atoms. The van der Waals surface area contributed by atoms with Crippen molar-refractivity contribution in [1.29, 1.82) is 0 Å². The van der Waals surface area contributed by atoms with Gasteiger partial charge in [0.25, 0.3) is 0 Å². The van der Waals surface area contributed by atoms with Gasteiger partial charge in [0, 0.05) is 17.0 Å². The molecule has 2 rings (SSSR count). The maximum atomic E-state index is 13.6. The fourth-order valence-electron chi connectivity index (χ4n) is 1.63. The van der Waals surface area contributed by atoms with Crippen LogP contribution in [0.25, 0.3) is 0 Å². The van der Waals surface area contributed by atoms with Gasteiger partial charge < -0.3 is 5.11 Å². The van der Waals surface area contributed by atoms with Crippen LogP contribution < -0.4 is 4.72 Å². The fourth-order valence-corrected chi connectivity index (χ4v) is 3.66. The van der Waals surface area contributed by atoms with Gasteiger partial charge in [-0.1, -0.05) is 11.6 Å². The highest BCUT2D eigenvalue weighted by Crippen LogP contribution is 2.24. The zero-order chi connectivity index (χ0) is 15.6. The van der Waals surface area contributed by atoms with Gasteiger partial charge in [-0.25, -0.2) is 22.5 Å². The number of aromatic nitrogens is 1. The van der Waals surface area contributed by atoms with Crippen LogP contribution in [0.1, 0.15) is 16.1 Å². The van der Waals surface area contributed by atoms with E-state index in [1.165, 1.54) is 11.3 Å². The van der Waals surface area contributed by atoms with Gasteiger partial charge in [-0.15, -0.1) is 11.3 Å². The van der Waals surface area contributed by atoms with Gasteiger partial charge >= 0.3 is 0 Å². The van der Waals surface area contributed by atoms with Gasteiger partial charge in [0.2, 0.25) is 10.0 Å². The van der Waals surface area contributed by atoms with E-state index < -0.39 is 22.4 Å². The van der Waals surface area contributed by atoms with Gasteiger partial charge in [-0.2, -0.15) is 0 Å². The third-order valence-electron chi connectivity index (χ3n) is 2.83. The number of hydrogen-bond acceptors (Lipinski definition) is 5. The van der Waals surface area contributed by atoms with Crippen molar-refractivity contribution in [3.05, 3.63) is 44.6 Å². The molecular formula is C12H12ClFN2O3S2. The van der Waals surface area contributed by atoms with Crippen LogP contribution in [-0.4, -0.2) is 18.5 Å². The van der Waals surface area contributed by atoms with E-state index in [1.54, 1.807) is 12.4 Å². The molecule has 0 saturated heterocycles. The van der Waals surface area contributed by atoms with Crippen LogP contribution in [0.15, 0.2) is 22.5 Å². The smallest absolute Gasteiger partial charge is 0.241 e. The Labute approximate surface area is 130 Å². The number of aryl methyl sites for hydroxylation is 1. The number of thiazole rings is 1. The van der Waals surface area contributed by atoms with E-state index in [-0.39, 0.29) is 22.0 Å². The van der Waals surface area contributed by atoms with E-state index in [4.69, 9.17) is 16.7 Å². The molecule has 114 valence electrons. The molecule has 0 bridgehead atoms. The van der Waals surface area contributed by atoms with Crippen LogP contribution >= 0.6 is 22.9 Å². The highest BCUT2D eigenvalue weighted by atomic mass is 35.5. The number of halogens is 2. The first-order valence-corrected chi connectivity index (χ1v) is 8.56. The van der Waals surface area contributed by atoms with Crippen molar-refractivity contribution in [2.75, 3.05) is 0 Å². The second-order valence-electron chi connectivity index (χ2n) is 4.22. The Morgan fingerprint density at radius 3 is 2.76 bits per heavy atom. The molecule has 0 radical (unpaired) electrons. The lowest BCUT2D eigenvalue weighted by molar-refractivity contribution is 0.281. The van der Waals surface area contributed by atoms with Crippen molar-refractivity contribution in [3.63, 3.8) is 0 Å². The lowest BCUT2D eigenvalue weighted by Crippen LogP contribution is -2.23. The third-order valence-corrected chi connectivity index (χ3v) is 5.56. The number of benzene rings is 1. The summed E-state index contributed by atoms with van der Waals surface area (Å²) in [4.78, 5) is 4.51. The molecule has 1 aromatic heterocycles. The average molecular weight is 351 g/mol. The van der Waals surface area contributed by atoms with Crippen LogP contribution in [0.2, 0.25) is 5.02 Å². The summed E-state index contributed by atoms with van der Waals surface area (Å²) in [5.41, 5.74) is 2.37. The number of nitrogens with zero attached hydrogens (tertiary/aromatic N) is 1. The second-order valence-corrected chi connectivity index (χ2v) is 7.31. The molecule has 5 nitrogen and oxygen atoms in total. The summed E-state index contributed by atoms with van der Waals surface area (Å²) in [6.45, 7) is 1.29. The van der Waals surface area contributed by atoms with E-state index in [9.17, 15) is 12.8 Å². The second kappa shape index (κ2) is 6.37. The fraction of sp³-hybridized carbons (Fsp3) is 0.250. The van der Waals surface area contributed by atoms with E-state index in [1.807, 2.05) is 0 Å². The van der Waals surface area contributed by atoms with Crippen molar-refractivity contribution >= 4 is 33.0 Å². The largest absolute Gasteiger partial charge is 0.392 e. The molecule has 2 aromatic rings. The third kappa shape index (κ3) is 3.58. The predicted molar refractivity (Wildman–Crippen MR) is 78.2 cm³/mol. The van der Waals surface area contributed by atoms with Gasteiger partial charge in [0.15, 0.2) is 0 Å². The van der Waals surface area contributed by atoms with Crippen molar-refractivity contribution in [3.8, 4) is 0 Å². The van der Waals surface area contributed by atoms with E-state index in [0.717, 1.165) is 22.7 Å². The quantitative estimate of drug-likeness (QED) is 0.866. The lowest BCUT2D eigenvalue weighted by atomic mass is 10.2. The first kappa shape index (κ1) is 16.3. The van der Waals surface area contributed by atoms with Gasteiger partial charge in [-0.3, -0.25) is 0 Å². The Morgan fingerprint density at radius 2 is 2.19 bits per heavy atom. The molecule has 2 N–H and O–H groups in total. The summed E-state index contributed by atoms with van der Waals surface area (Å²) in [6, 6.07) is 1.97. The summed E-state index contributed by atoms with van der Waals surface area (Å²) >= 11 is 6.96. The summed E-state index contributed by atoms with van der Waals surface area (Å²) in [7, 11) is -3.91. The van der Waals surface area contributed by atoms with Crippen LogP contribution in [0.4, 0.5) is 4.39 Å². The molecule has 0 aliphatic rings. The number of nitrogens with one attached hydrogen (secondary N) is 1. The Morgan fingerprint density at radius 1 is 1.48 bits per heavy atom. The Bertz CT molecular complexity index is 762. The Kier molecular flexibility index (Phi) is 4.95. The SMILES string of the molecule is Cc1ncsc1CNS(=O)(=O)c1cc(F)c(Cl)c(CO)c1. The maximum absolute atomic E-state index is 13.6. The summed E-state index contributed by atoms with van der Waals surface area (Å²) in [6.07, 6.45) is 0. The average Bonchev–Trinajstić information content (AvgIpc) is 2.85. The van der Waals surface area contributed by atoms with Crippen molar-refractivity contribution < 1.29 is 17.9 Å². The molecule has 1 aromatic carbocycles. The van der Waals surface area contributed by atoms with E-state index >= 15 is 0 Å². The topological polar surface area (TPSA) is 79.3 Å². The normalized spacial score (nSPS) is 11.8. The summed E-state index contributed by atoms with van der Waals surface area (Å²) < 4.78 is 40.3. The number of sulfonamides is 1. The van der Waals surface area contributed by atoms with E-state index in [0.29, 0.717) is 0 Å².